The van der Waals surface area contributed by atoms with Crippen LogP contribution in [0.1, 0.15) is 43.5 Å². The van der Waals surface area contributed by atoms with E-state index in [1.807, 2.05) is 6.20 Å². The number of unbranched alkanes of at least 4 members (excludes halogenated alkanes) is 1. The van der Waals surface area contributed by atoms with Crippen LogP contribution in [0.4, 0.5) is 0 Å². The van der Waals surface area contributed by atoms with Crippen LogP contribution in [0.15, 0.2) is 30.5 Å². The summed E-state index contributed by atoms with van der Waals surface area (Å²) in [6.07, 6.45) is 5.34. The standard InChI is InChI=1S/C19H26N4O2/c1-2-3-10-24-17-6-4-15(5-7-17)12-22-9-8-18-19(13-22)25-14-16-11-20-21-23(16)18/h4-7,11,18-19H,2-3,8-10,12-14H2,1H3/t18-,19-/m0/s1. The summed E-state index contributed by atoms with van der Waals surface area (Å²) in [4.78, 5) is 2.47. The molecule has 6 heteroatoms. The molecule has 25 heavy (non-hydrogen) atoms. The van der Waals surface area contributed by atoms with Crippen LogP contribution in [-0.4, -0.2) is 45.7 Å². The minimum absolute atomic E-state index is 0.208. The highest BCUT2D eigenvalue weighted by Crippen LogP contribution is 2.31. The normalized spacial score (nSPS) is 23.1. The van der Waals surface area contributed by atoms with E-state index in [0.29, 0.717) is 12.6 Å². The molecule has 2 atom stereocenters. The maximum atomic E-state index is 6.05. The van der Waals surface area contributed by atoms with Gasteiger partial charge in [-0.05, 0) is 30.5 Å². The molecule has 0 radical (unpaired) electrons. The smallest absolute Gasteiger partial charge is 0.119 e. The van der Waals surface area contributed by atoms with Gasteiger partial charge >= 0.3 is 0 Å². The first-order valence-electron chi connectivity index (χ1n) is 9.28. The molecule has 1 aromatic heterocycles. The maximum absolute atomic E-state index is 6.05. The molecule has 0 bridgehead atoms. The Kier molecular flexibility index (Phi) is 4.99. The van der Waals surface area contributed by atoms with E-state index in [0.717, 1.165) is 56.9 Å². The van der Waals surface area contributed by atoms with E-state index >= 15 is 0 Å². The van der Waals surface area contributed by atoms with Gasteiger partial charge in [-0.25, -0.2) is 4.68 Å². The van der Waals surface area contributed by atoms with E-state index in [-0.39, 0.29) is 6.10 Å². The molecule has 1 aromatic carbocycles. The SMILES string of the molecule is CCCCOc1ccc(CN2CC[C@H]3[C@H](C2)OCc2cnnn23)cc1. The number of hydrogen-bond acceptors (Lipinski definition) is 5. The van der Waals surface area contributed by atoms with E-state index < -0.39 is 0 Å². The van der Waals surface area contributed by atoms with Crippen molar-refractivity contribution in [1.82, 2.24) is 19.9 Å². The number of hydrogen-bond donors (Lipinski definition) is 0. The fourth-order valence-corrected chi connectivity index (χ4v) is 3.68. The van der Waals surface area contributed by atoms with Crippen molar-refractivity contribution >= 4 is 0 Å². The first kappa shape index (κ1) is 16.5. The zero-order valence-electron chi connectivity index (χ0n) is 14.8. The topological polar surface area (TPSA) is 52.4 Å². The average molecular weight is 342 g/mol. The average Bonchev–Trinajstić information content (AvgIpc) is 3.12. The molecule has 0 N–H and O–H groups in total. The van der Waals surface area contributed by atoms with Crippen molar-refractivity contribution in [3.05, 3.63) is 41.7 Å². The lowest BCUT2D eigenvalue weighted by Crippen LogP contribution is -2.48. The molecule has 134 valence electrons. The Morgan fingerprint density at radius 3 is 3.00 bits per heavy atom. The van der Waals surface area contributed by atoms with Crippen LogP contribution in [0.2, 0.25) is 0 Å². The van der Waals surface area contributed by atoms with Gasteiger partial charge in [-0.1, -0.05) is 30.7 Å². The quantitative estimate of drug-likeness (QED) is 0.756. The molecule has 1 saturated heterocycles. The molecule has 2 aromatic rings. The van der Waals surface area contributed by atoms with Crippen molar-refractivity contribution < 1.29 is 9.47 Å². The summed E-state index contributed by atoms with van der Waals surface area (Å²) in [6, 6.07) is 8.83. The Balaban J connectivity index is 1.32. The van der Waals surface area contributed by atoms with Gasteiger partial charge in [0.1, 0.15) is 5.75 Å². The molecule has 4 rings (SSSR count). The van der Waals surface area contributed by atoms with Crippen molar-refractivity contribution in [3.63, 3.8) is 0 Å². The summed E-state index contributed by atoms with van der Waals surface area (Å²) in [7, 11) is 0. The predicted octanol–water partition coefficient (Wildman–Crippen LogP) is 2.80. The second kappa shape index (κ2) is 7.54. The van der Waals surface area contributed by atoms with Gasteiger partial charge in [0.05, 0.1) is 37.3 Å². The predicted molar refractivity (Wildman–Crippen MR) is 94.4 cm³/mol. The van der Waals surface area contributed by atoms with Gasteiger partial charge in [-0.3, -0.25) is 4.90 Å². The molecule has 3 heterocycles. The van der Waals surface area contributed by atoms with E-state index in [4.69, 9.17) is 9.47 Å². The van der Waals surface area contributed by atoms with E-state index in [9.17, 15) is 0 Å². The highest BCUT2D eigenvalue weighted by Gasteiger charge is 2.36. The Labute approximate surface area is 148 Å². The van der Waals surface area contributed by atoms with Gasteiger partial charge in [0, 0.05) is 19.6 Å². The van der Waals surface area contributed by atoms with Crippen LogP contribution in [0, 0.1) is 0 Å². The number of aromatic nitrogens is 3. The second-order valence-corrected chi connectivity index (χ2v) is 6.96. The van der Waals surface area contributed by atoms with Crippen LogP contribution in [0.3, 0.4) is 0 Å². The molecule has 2 aliphatic rings. The Morgan fingerprint density at radius 1 is 1.28 bits per heavy atom. The number of fused-ring (bicyclic) bond motifs is 3. The van der Waals surface area contributed by atoms with Crippen molar-refractivity contribution in [2.75, 3.05) is 19.7 Å². The molecule has 0 unspecified atom stereocenters. The monoisotopic (exact) mass is 342 g/mol. The molecule has 0 aliphatic carbocycles. The van der Waals surface area contributed by atoms with Gasteiger partial charge in [0.25, 0.3) is 0 Å². The van der Waals surface area contributed by atoms with Gasteiger partial charge in [-0.2, -0.15) is 0 Å². The second-order valence-electron chi connectivity index (χ2n) is 6.96. The summed E-state index contributed by atoms with van der Waals surface area (Å²) in [5.74, 6) is 0.963. The number of benzene rings is 1. The molecule has 6 nitrogen and oxygen atoms in total. The van der Waals surface area contributed by atoms with E-state index in [1.54, 1.807) is 0 Å². The third-order valence-electron chi connectivity index (χ3n) is 5.11. The Morgan fingerprint density at radius 2 is 2.16 bits per heavy atom. The van der Waals surface area contributed by atoms with Crippen molar-refractivity contribution in [3.8, 4) is 5.75 Å². The third kappa shape index (κ3) is 3.70. The van der Waals surface area contributed by atoms with Crippen molar-refractivity contribution in [1.29, 1.82) is 0 Å². The molecule has 0 amide bonds. The minimum Gasteiger partial charge on any atom is -0.494 e. The summed E-state index contributed by atoms with van der Waals surface area (Å²) >= 11 is 0. The van der Waals surface area contributed by atoms with Crippen LogP contribution in [-0.2, 0) is 17.9 Å². The zero-order chi connectivity index (χ0) is 17.1. The number of ether oxygens (including phenoxy) is 2. The summed E-state index contributed by atoms with van der Waals surface area (Å²) in [6.45, 7) is 6.54. The first-order valence-corrected chi connectivity index (χ1v) is 9.28. The minimum atomic E-state index is 0.208. The Hall–Kier alpha value is -1.92. The lowest BCUT2D eigenvalue weighted by molar-refractivity contribution is -0.0704. The van der Waals surface area contributed by atoms with Crippen LogP contribution in [0.5, 0.6) is 5.75 Å². The molecule has 1 fully saturated rings. The zero-order valence-corrected chi connectivity index (χ0v) is 14.8. The molecule has 2 aliphatic heterocycles. The molecule has 0 spiro atoms. The van der Waals surface area contributed by atoms with E-state index in [1.165, 1.54) is 5.56 Å². The Bertz CT molecular complexity index is 685. The summed E-state index contributed by atoms with van der Waals surface area (Å²) < 4.78 is 13.8. The molecular formula is C19H26N4O2. The first-order chi connectivity index (χ1) is 12.3. The van der Waals surface area contributed by atoms with Gasteiger partial charge in [-0.15, -0.1) is 5.10 Å². The summed E-state index contributed by atoms with van der Waals surface area (Å²) in [5.41, 5.74) is 2.41. The number of likely N-dealkylation sites (tertiary alicyclic amines) is 1. The lowest BCUT2D eigenvalue weighted by Gasteiger charge is -2.41. The highest BCUT2D eigenvalue weighted by molar-refractivity contribution is 5.27. The van der Waals surface area contributed by atoms with E-state index in [2.05, 4.69) is 51.1 Å². The number of nitrogens with zero attached hydrogens (tertiary/aromatic N) is 4. The van der Waals surface area contributed by atoms with Crippen molar-refractivity contribution in [2.45, 2.75) is 51.5 Å². The maximum Gasteiger partial charge on any atom is 0.119 e. The van der Waals surface area contributed by atoms with Crippen LogP contribution in [0.25, 0.3) is 0 Å². The lowest BCUT2D eigenvalue weighted by atomic mass is 9.99. The van der Waals surface area contributed by atoms with Crippen LogP contribution >= 0.6 is 0 Å². The van der Waals surface area contributed by atoms with Gasteiger partial charge in [0.2, 0.25) is 0 Å². The largest absolute Gasteiger partial charge is 0.494 e. The van der Waals surface area contributed by atoms with Crippen molar-refractivity contribution in [2.24, 2.45) is 0 Å². The van der Waals surface area contributed by atoms with Crippen LogP contribution < -0.4 is 4.74 Å². The fourth-order valence-electron chi connectivity index (χ4n) is 3.68. The fraction of sp³-hybridized carbons (Fsp3) is 0.579. The highest BCUT2D eigenvalue weighted by atomic mass is 16.5. The molecular weight excluding hydrogens is 316 g/mol. The third-order valence-corrected chi connectivity index (χ3v) is 5.11. The summed E-state index contributed by atoms with van der Waals surface area (Å²) in [5, 5.41) is 8.27. The molecule has 0 saturated carbocycles. The van der Waals surface area contributed by atoms with Gasteiger partial charge < -0.3 is 9.47 Å². The van der Waals surface area contributed by atoms with Gasteiger partial charge in [0.15, 0.2) is 0 Å². The number of piperidine rings is 1. The number of rotatable bonds is 6.